The average molecular weight is 289 g/mol. The summed E-state index contributed by atoms with van der Waals surface area (Å²) in [5.41, 5.74) is 8.07. The summed E-state index contributed by atoms with van der Waals surface area (Å²) in [7, 11) is 1.62. The van der Waals surface area contributed by atoms with Crippen LogP contribution in [0.4, 0.5) is 4.39 Å². The van der Waals surface area contributed by atoms with Crippen LogP contribution >= 0.6 is 0 Å². The molecule has 0 bridgehead atoms. The summed E-state index contributed by atoms with van der Waals surface area (Å²) in [5.74, 6) is 1.13. The zero-order valence-electron chi connectivity index (χ0n) is 12.5. The van der Waals surface area contributed by atoms with Crippen molar-refractivity contribution in [3.8, 4) is 11.5 Å². The molecule has 0 saturated carbocycles. The van der Waals surface area contributed by atoms with Gasteiger partial charge in [-0.1, -0.05) is 12.1 Å². The van der Waals surface area contributed by atoms with Crippen molar-refractivity contribution in [3.05, 3.63) is 58.9 Å². The van der Waals surface area contributed by atoms with Crippen LogP contribution < -0.4 is 15.2 Å². The van der Waals surface area contributed by atoms with Gasteiger partial charge in [0.05, 0.1) is 7.11 Å². The zero-order valence-corrected chi connectivity index (χ0v) is 12.5. The van der Waals surface area contributed by atoms with Crippen LogP contribution in [0.15, 0.2) is 36.4 Å². The van der Waals surface area contributed by atoms with Gasteiger partial charge in [0.25, 0.3) is 0 Å². The minimum absolute atomic E-state index is 0.268. The predicted octanol–water partition coefficient (Wildman–Crippen LogP) is 3.74. The van der Waals surface area contributed by atoms with Gasteiger partial charge in [0.2, 0.25) is 0 Å². The van der Waals surface area contributed by atoms with E-state index in [-0.39, 0.29) is 11.9 Å². The monoisotopic (exact) mass is 289 g/mol. The summed E-state index contributed by atoms with van der Waals surface area (Å²) < 4.78 is 24.6. The highest BCUT2D eigenvalue weighted by Crippen LogP contribution is 2.28. The van der Waals surface area contributed by atoms with E-state index < -0.39 is 0 Å². The van der Waals surface area contributed by atoms with Crippen molar-refractivity contribution in [3.63, 3.8) is 0 Å². The van der Waals surface area contributed by atoms with Gasteiger partial charge in [-0.2, -0.15) is 0 Å². The van der Waals surface area contributed by atoms with E-state index in [1.807, 2.05) is 31.2 Å². The predicted molar refractivity (Wildman–Crippen MR) is 81.1 cm³/mol. The fourth-order valence-electron chi connectivity index (χ4n) is 2.07. The number of hydrogen-bond donors (Lipinski definition) is 1. The molecule has 21 heavy (non-hydrogen) atoms. The molecule has 2 aromatic rings. The lowest BCUT2D eigenvalue weighted by molar-refractivity contribution is 0.299. The number of nitrogens with two attached hydrogens (primary N) is 1. The average Bonchev–Trinajstić information content (AvgIpc) is 2.48. The van der Waals surface area contributed by atoms with Gasteiger partial charge >= 0.3 is 0 Å². The number of methoxy groups -OCH3 is 1. The number of ether oxygens (including phenoxy) is 2. The van der Waals surface area contributed by atoms with Gasteiger partial charge in [-0.15, -0.1) is 0 Å². The van der Waals surface area contributed by atoms with Crippen molar-refractivity contribution in [2.45, 2.75) is 26.5 Å². The Hall–Kier alpha value is -2.07. The standard InChI is InChI=1S/C17H20FNO2/c1-11-7-17(15(12(2)19)9-16(11)18)21-10-13-5-4-6-14(8-13)20-3/h4-9,12H,10,19H2,1-3H3/t12-/m1/s1. The van der Waals surface area contributed by atoms with Crippen LogP contribution in [0.3, 0.4) is 0 Å². The first kappa shape index (κ1) is 15.3. The van der Waals surface area contributed by atoms with Crippen LogP contribution in [-0.2, 0) is 6.61 Å². The molecule has 0 amide bonds. The van der Waals surface area contributed by atoms with E-state index in [1.54, 1.807) is 20.1 Å². The first-order valence-electron chi connectivity index (χ1n) is 6.82. The Morgan fingerprint density at radius 1 is 1.24 bits per heavy atom. The summed E-state index contributed by atoms with van der Waals surface area (Å²) in [6, 6.07) is 10.5. The first-order valence-corrected chi connectivity index (χ1v) is 6.82. The van der Waals surface area contributed by atoms with E-state index in [0.717, 1.165) is 11.3 Å². The highest BCUT2D eigenvalue weighted by molar-refractivity contribution is 5.40. The van der Waals surface area contributed by atoms with E-state index in [9.17, 15) is 4.39 Å². The molecule has 0 unspecified atom stereocenters. The van der Waals surface area contributed by atoms with Crippen LogP contribution in [0, 0.1) is 12.7 Å². The minimum atomic E-state index is -0.291. The van der Waals surface area contributed by atoms with Gasteiger partial charge in [-0.25, -0.2) is 4.39 Å². The van der Waals surface area contributed by atoms with Crippen LogP contribution in [0.1, 0.15) is 29.7 Å². The molecule has 2 aromatic carbocycles. The van der Waals surface area contributed by atoms with Crippen LogP contribution in [0.25, 0.3) is 0 Å². The highest BCUT2D eigenvalue weighted by atomic mass is 19.1. The molecule has 0 radical (unpaired) electrons. The second-order valence-corrected chi connectivity index (χ2v) is 5.07. The van der Waals surface area contributed by atoms with Crippen molar-refractivity contribution in [2.75, 3.05) is 7.11 Å². The number of rotatable bonds is 5. The van der Waals surface area contributed by atoms with Crippen molar-refractivity contribution >= 4 is 0 Å². The van der Waals surface area contributed by atoms with Crippen LogP contribution in [0.5, 0.6) is 11.5 Å². The van der Waals surface area contributed by atoms with Gasteiger partial charge in [0.15, 0.2) is 0 Å². The Morgan fingerprint density at radius 2 is 2.00 bits per heavy atom. The molecule has 2 N–H and O–H groups in total. The van der Waals surface area contributed by atoms with Gasteiger partial charge in [0.1, 0.15) is 23.9 Å². The van der Waals surface area contributed by atoms with E-state index in [0.29, 0.717) is 23.5 Å². The molecular formula is C17H20FNO2. The number of halogens is 1. The van der Waals surface area contributed by atoms with E-state index in [4.69, 9.17) is 15.2 Å². The lowest BCUT2D eigenvalue weighted by Crippen LogP contribution is -2.09. The molecule has 0 heterocycles. The maximum Gasteiger partial charge on any atom is 0.126 e. The Kier molecular flexibility index (Phi) is 4.81. The van der Waals surface area contributed by atoms with Crippen molar-refractivity contribution in [1.82, 2.24) is 0 Å². The quantitative estimate of drug-likeness (QED) is 0.912. The van der Waals surface area contributed by atoms with E-state index in [2.05, 4.69) is 0 Å². The third-order valence-electron chi connectivity index (χ3n) is 3.31. The topological polar surface area (TPSA) is 44.5 Å². The third-order valence-corrected chi connectivity index (χ3v) is 3.31. The molecule has 112 valence electrons. The summed E-state index contributed by atoms with van der Waals surface area (Å²) in [4.78, 5) is 0. The molecule has 0 aromatic heterocycles. The Bertz CT molecular complexity index is 626. The van der Waals surface area contributed by atoms with E-state index in [1.165, 1.54) is 6.07 Å². The normalized spacial score (nSPS) is 12.0. The molecule has 0 aliphatic carbocycles. The Labute approximate surface area is 124 Å². The molecule has 1 atom stereocenters. The summed E-state index contributed by atoms with van der Waals surface area (Å²) in [6.07, 6.45) is 0. The molecule has 0 aliphatic heterocycles. The van der Waals surface area contributed by atoms with Gasteiger partial charge in [-0.05, 0) is 49.2 Å². The van der Waals surface area contributed by atoms with Gasteiger partial charge in [0, 0.05) is 11.6 Å². The molecule has 2 rings (SSSR count). The van der Waals surface area contributed by atoms with Crippen molar-refractivity contribution in [1.29, 1.82) is 0 Å². The molecule has 4 heteroatoms. The summed E-state index contributed by atoms with van der Waals surface area (Å²) in [5, 5.41) is 0. The maximum atomic E-state index is 13.7. The summed E-state index contributed by atoms with van der Waals surface area (Å²) in [6.45, 7) is 3.89. The third kappa shape index (κ3) is 3.73. The number of hydrogen-bond acceptors (Lipinski definition) is 3. The minimum Gasteiger partial charge on any atom is -0.497 e. The Morgan fingerprint density at radius 3 is 2.67 bits per heavy atom. The van der Waals surface area contributed by atoms with Crippen molar-refractivity contribution in [2.24, 2.45) is 5.73 Å². The van der Waals surface area contributed by atoms with Gasteiger partial charge < -0.3 is 15.2 Å². The maximum absolute atomic E-state index is 13.7. The molecular weight excluding hydrogens is 269 g/mol. The second kappa shape index (κ2) is 6.59. The molecule has 0 spiro atoms. The number of aryl methyl sites for hydroxylation is 1. The second-order valence-electron chi connectivity index (χ2n) is 5.07. The van der Waals surface area contributed by atoms with Crippen LogP contribution in [0.2, 0.25) is 0 Å². The number of benzene rings is 2. The zero-order chi connectivity index (χ0) is 15.4. The van der Waals surface area contributed by atoms with Gasteiger partial charge in [-0.3, -0.25) is 0 Å². The van der Waals surface area contributed by atoms with Crippen molar-refractivity contribution < 1.29 is 13.9 Å². The molecule has 0 fully saturated rings. The fraction of sp³-hybridized carbons (Fsp3) is 0.294. The van der Waals surface area contributed by atoms with Crippen LogP contribution in [-0.4, -0.2) is 7.11 Å². The molecule has 3 nitrogen and oxygen atoms in total. The summed E-state index contributed by atoms with van der Waals surface area (Å²) >= 11 is 0. The van der Waals surface area contributed by atoms with E-state index >= 15 is 0 Å². The molecule has 0 aliphatic rings. The smallest absolute Gasteiger partial charge is 0.126 e. The Balaban J connectivity index is 2.20. The largest absolute Gasteiger partial charge is 0.497 e. The first-order chi connectivity index (χ1) is 10.0. The molecule has 0 saturated heterocycles. The highest BCUT2D eigenvalue weighted by Gasteiger charge is 2.12. The SMILES string of the molecule is COc1cccc(COc2cc(C)c(F)cc2[C@@H](C)N)c1. The fourth-order valence-corrected chi connectivity index (χ4v) is 2.07. The lowest BCUT2D eigenvalue weighted by atomic mass is 10.0. The lowest BCUT2D eigenvalue weighted by Gasteiger charge is -2.15.